The average molecular weight is 257 g/mol. The van der Waals surface area contributed by atoms with E-state index >= 15 is 0 Å². The first kappa shape index (κ1) is 9.61. The van der Waals surface area contributed by atoms with Crippen molar-refractivity contribution in [3.05, 3.63) is 38.3 Å². The molecule has 0 amide bonds. The molecule has 2 rings (SSSR count). The Hall–Kier alpha value is -0.940. The smallest absolute Gasteiger partial charge is 0.283 e. The van der Waals surface area contributed by atoms with Gasteiger partial charge in [0.25, 0.3) is 5.69 Å². The lowest BCUT2D eigenvalue weighted by atomic mass is 9.98. The standard InChI is InChI=1S/C9H9BrN2O2/c10-9-6(7-4-5-11-7)2-1-3-8(9)12(13)14/h1-3,7,11H,4-5H2. The minimum Gasteiger partial charge on any atom is -0.310 e. The second-order valence-corrected chi connectivity index (χ2v) is 4.03. The highest BCUT2D eigenvalue weighted by molar-refractivity contribution is 9.10. The first-order chi connectivity index (χ1) is 6.70. The maximum absolute atomic E-state index is 10.7. The molecular formula is C9H9BrN2O2. The van der Waals surface area contributed by atoms with Gasteiger partial charge in [-0.15, -0.1) is 0 Å². The molecule has 1 fully saturated rings. The quantitative estimate of drug-likeness (QED) is 0.653. The van der Waals surface area contributed by atoms with Crippen LogP contribution in [0.4, 0.5) is 5.69 Å². The summed E-state index contributed by atoms with van der Waals surface area (Å²) < 4.78 is 0.599. The van der Waals surface area contributed by atoms with Crippen LogP contribution in [0.5, 0.6) is 0 Å². The van der Waals surface area contributed by atoms with Crippen molar-refractivity contribution in [3.8, 4) is 0 Å². The van der Waals surface area contributed by atoms with Crippen LogP contribution in [0.3, 0.4) is 0 Å². The van der Waals surface area contributed by atoms with E-state index in [1.807, 2.05) is 6.07 Å². The van der Waals surface area contributed by atoms with Gasteiger partial charge in [0.15, 0.2) is 0 Å². The molecule has 1 aromatic rings. The van der Waals surface area contributed by atoms with E-state index in [0.29, 0.717) is 4.47 Å². The number of nitrogens with one attached hydrogen (secondary N) is 1. The largest absolute Gasteiger partial charge is 0.310 e. The lowest BCUT2D eigenvalue weighted by Crippen LogP contribution is -2.35. The third-order valence-electron chi connectivity index (χ3n) is 2.40. The number of nitrogens with zero attached hydrogens (tertiary/aromatic N) is 1. The second-order valence-electron chi connectivity index (χ2n) is 3.23. The van der Waals surface area contributed by atoms with E-state index in [1.54, 1.807) is 6.07 Å². The summed E-state index contributed by atoms with van der Waals surface area (Å²) in [5, 5.41) is 13.9. The van der Waals surface area contributed by atoms with Gasteiger partial charge in [0.05, 0.1) is 9.40 Å². The highest BCUT2D eigenvalue weighted by atomic mass is 79.9. The summed E-state index contributed by atoms with van der Waals surface area (Å²) in [6.07, 6.45) is 1.04. The lowest BCUT2D eigenvalue weighted by molar-refractivity contribution is -0.385. The summed E-state index contributed by atoms with van der Waals surface area (Å²) >= 11 is 3.28. The van der Waals surface area contributed by atoms with Crippen molar-refractivity contribution in [2.45, 2.75) is 12.5 Å². The van der Waals surface area contributed by atoms with Gasteiger partial charge in [-0.2, -0.15) is 0 Å². The number of hydrogen-bond acceptors (Lipinski definition) is 3. The number of hydrogen-bond donors (Lipinski definition) is 1. The zero-order valence-electron chi connectivity index (χ0n) is 7.37. The van der Waals surface area contributed by atoms with Crippen molar-refractivity contribution in [3.63, 3.8) is 0 Å². The fraction of sp³-hybridized carbons (Fsp3) is 0.333. The van der Waals surface area contributed by atoms with Crippen LogP contribution < -0.4 is 5.32 Å². The van der Waals surface area contributed by atoms with Crippen molar-refractivity contribution in [1.82, 2.24) is 5.32 Å². The third kappa shape index (κ3) is 1.53. The number of halogens is 1. The molecule has 0 spiro atoms. The van der Waals surface area contributed by atoms with Gasteiger partial charge in [-0.3, -0.25) is 10.1 Å². The molecule has 1 atom stereocenters. The van der Waals surface area contributed by atoms with E-state index in [2.05, 4.69) is 21.2 Å². The normalized spacial score (nSPS) is 20.2. The molecule has 1 aliphatic rings. The Kier molecular flexibility index (Phi) is 2.52. The van der Waals surface area contributed by atoms with Crippen LogP contribution in [-0.2, 0) is 0 Å². The Balaban J connectivity index is 2.40. The Morgan fingerprint density at radius 1 is 1.57 bits per heavy atom. The van der Waals surface area contributed by atoms with Gasteiger partial charge in [-0.05, 0) is 34.5 Å². The third-order valence-corrected chi connectivity index (χ3v) is 3.27. The Bertz CT molecular complexity index is 377. The first-order valence-electron chi connectivity index (χ1n) is 4.36. The van der Waals surface area contributed by atoms with Gasteiger partial charge < -0.3 is 5.32 Å². The predicted molar refractivity (Wildman–Crippen MR) is 56.2 cm³/mol. The van der Waals surface area contributed by atoms with Gasteiger partial charge in [0.1, 0.15) is 0 Å². The van der Waals surface area contributed by atoms with E-state index < -0.39 is 0 Å². The van der Waals surface area contributed by atoms with Crippen molar-refractivity contribution in [2.75, 3.05) is 6.54 Å². The molecule has 0 bridgehead atoms. The molecule has 1 aromatic carbocycles. The summed E-state index contributed by atoms with van der Waals surface area (Å²) in [5.41, 5.74) is 1.11. The molecule has 1 aliphatic heterocycles. The molecular weight excluding hydrogens is 248 g/mol. The van der Waals surface area contributed by atoms with Crippen LogP contribution >= 0.6 is 15.9 Å². The number of benzene rings is 1. The van der Waals surface area contributed by atoms with E-state index in [0.717, 1.165) is 18.5 Å². The van der Waals surface area contributed by atoms with Crippen LogP contribution in [0.2, 0.25) is 0 Å². The molecule has 0 saturated carbocycles. The monoisotopic (exact) mass is 256 g/mol. The lowest BCUT2D eigenvalue weighted by Gasteiger charge is -2.28. The summed E-state index contributed by atoms with van der Waals surface area (Å²) in [4.78, 5) is 10.3. The molecule has 0 aliphatic carbocycles. The van der Waals surface area contributed by atoms with Crippen molar-refractivity contribution in [2.24, 2.45) is 0 Å². The first-order valence-corrected chi connectivity index (χ1v) is 5.15. The summed E-state index contributed by atoms with van der Waals surface area (Å²) in [5.74, 6) is 0. The molecule has 14 heavy (non-hydrogen) atoms. The van der Waals surface area contributed by atoms with Gasteiger partial charge in [0, 0.05) is 12.1 Å². The minimum atomic E-state index is -0.369. The molecule has 4 nitrogen and oxygen atoms in total. The van der Waals surface area contributed by atoms with Crippen molar-refractivity contribution < 1.29 is 4.92 Å². The van der Waals surface area contributed by atoms with E-state index in [4.69, 9.17) is 0 Å². The molecule has 1 saturated heterocycles. The topological polar surface area (TPSA) is 55.2 Å². The Morgan fingerprint density at radius 2 is 2.29 bits per heavy atom. The fourth-order valence-corrected chi connectivity index (χ4v) is 2.19. The average Bonchev–Trinajstić information content (AvgIpc) is 2.04. The summed E-state index contributed by atoms with van der Waals surface area (Å²) in [6.45, 7) is 0.986. The zero-order valence-corrected chi connectivity index (χ0v) is 8.95. The number of rotatable bonds is 2. The molecule has 1 heterocycles. The Morgan fingerprint density at radius 3 is 2.79 bits per heavy atom. The zero-order chi connectivity index (χ0) is 10.1. The van der Waals surface area contributed by atoms with Gasteiger partial charge in [-0.1, -0.05) is 12.1 Å². The van der Waals surface area contributed by atoms with Crippen LogP contribution in [0, 0.1) is 10.1 Å². The molecule has 74 valence electrons. The van der Waals surface area contributed by atoms with E-state index in [-0.39, 0.29) is 16.7 Å². The number of nitro benzene ring substituents is 1. The van der Waals surface area contributed by atoms with Crippen LogP contribution in [0.15, 0.2) is 22.7 Å². The molecule has 0 radical (unpaired) electrons. The van der Waals surface area contributed by atoms with Crippen LogP contribution in [0.1, 0.15) is 18.0 Å². The van der Waals surface area contributed by atoms with Gasteiger partial charge in [-0.25, -0.2) is 0 Å². The Labute approximate surface area is 89.6 Å². The summed E-state index contributed by atoms with van der Waals surface area (Å²) in [7, 11) is 0. The highest BCUT2D eigenvalue weighted by Gasteiger charge is 2.24. The van der Waals surface area contributed by atoms with E-state index in [1.165, 1.54) is 6.07 Å². The minimum absolute atomic E-state index is 0.135. The van der Waals surface area contributed by atoms with Gasteiger partial charge >= 0.3 is 0 Å². The molecule has 0 aromatic heterocycles. The summed E-state index contributed by atoms with van der Waals surface area (Å²) in [6, 6.07) is 5.41. The molecule has 5 heteroatoms. The SMILES string of the molecule is O=[N+]([O-])c1cccc(C2CCN2)c1Br. The van der Waals surface area contributed by atoms with Crippen LogP contribution in [0.25, 0.3) is 0 Å². The van der Waals surface area contributed by atoms with Crippen LogP contribution in [-0.4, -0.2) is 11.5 Å². The molecule has 1 N–H and O–H groups in total. The van der Waals surface area contributed by atoms with Gasteiger partial charge in [0.2, 0.25) is 0 Å². The second kappa shape index (κ2) is 3.67. The van der Waals surface area contributed by atoms with Crippen molar-refractivity contribution in [1.29, 1.82) is 0 Å². The molecule has 1 unspecified atom stereocenters. The maximum atomic E-state index is 10.7. The van der Waals surface area contributed by atoms with Crippen molar-refractivity contribution >= 4 is 21.6 Å². The predicted octanol–water partition coefficient (Wildman–Crippen LogP) is 2.39. The maximum Gasteiger partial charge on any atom is 0.283 e. The fourth-order valence-electron chi connectivity index (χ4n) is 1.50. The highest BCUT2D eigenvalue weighted by Crippen LogP contribution is 2.35. The number of nitro groups is 1. The van der Waals surface area contributed by atoms with E-state index in [9.17, 15) is 10.1 Å².